The third-order valence-electron chi connectivity index (χ3n) is 2.12. The highest BCUT2D eigenvalue weighted by Crippen LogP contribution is 2.28. The minimum atomic E-state index is -1.26. The van der Waals surface area contributed by atoms with Crippen LogP contribution in [0.2, 0.25) is 0 Å². The maximum Gasteiger partial charge on any atom is 0.328 e. The molecule has 0 amide bonds. The fraction of sp³-hybridized carbons (Fsp3) is 0.444. The molecule has 0 aliphatic carbocycles. The summed E-state index contributed by atoms with van der Waals surface area (Å²) in [5.74, 6) is -0.992. The molecule has 0 bridgehead atoms. The smallest absolute Gasteiger partial charge is 0.328 e. The molecule has 0 unspecified atom stereocenters. The number of aryl methyl sites for hydroxylation is 2. The van der Waals surface area contributed by atoms with E-state index in [0.29, 0.717) is 4.88 Å². The highest BCUT2D eigenvalue weighted by molar-refractivity contribution is 7.12. The van der Waals surface area contributed by atoms with Crippen LogP contribution in [0.15, 0.2) is 6.07 Å². The number of nitrogens with two attached hydrogens (primary N) is 1. The second-order valence-corrected chi connectivity index (χ2v) is 4.61. The molecule has 1 heterocycles. The van der Waals surface area contributed by atoms with Gasteiger partial charge >= 0.3 is 5.97 Å². The lowest BCUT2D eigenvalue weighted by atomic mass is 10.0. The van der Waals surface area contributed by atoms with Crippen molar-refractivity contribution in [3.63, 3.8) is 0 Å². The molecule has 72 valence electrons. The fourth-order valence-electron chi connectivity index (χ4n) is 0.934. The highest BCUT2D eigenvalue weighted by Gasteiger charge is 2.32. The molecule has 0 aliphatic heterocycles. The Kier molecular flexibility index (Phi) is 2.45. The number of carboxylic acids is 1. The maximum atomic E-state index is 10.8. The van der Waals surface area contributed by atoms with Crippen LogP contribution in [0.25, 0.3) is 0 Å². The molecule has 3 nitrogen and oxygen atoms in total. The van der Waals surface area contributed by atoms with Gasteiger partial charge < -0.3 is 10.8 Å². The van der Waals surface area contributed by atoms with E-state index in [4.69, 9.17) is 10.8 Å². The summed E-state index contributed by atoms with van der Waals surface area (Å²) in [5, 5.41) is 8.88. The van der Waals surface area contributed by atoms with Crippen molar-refractivity contribution in [2.45, 2.75) is 26.3 Å². The van der Waals surface area contributed by atoms with Crippen molar-refractivity contribution in [3.8, 4) is 0 Å². The number of thiophene rings is 1. The van der Waals surface area contributed by atoms with Crippen LogP contribution >= 0.6 is 11.3 Å². The Labute approximate surface area is 81.2 Å². The Balaban J connectivity index is 3.15. The van der Waals surface area contributed by atoms with Crippen molar-refractivity contribution in [1.82, 2.24) is 0 Å². The summed E-state index contributed by atoms with van der Waals surface area (Å²) in [4.78, 5) is 12.6. The molecule has 0 radical (unpaired) electrons. The van der Waals surface area contributed by atoms with Gasteiger partial charge in [-0.2, -0.15) is 0 Å². The Morgan fingerprint density at radius 3 is 2.46 bits per heavy atom. The molecule has 0 fully saturated rings. The minimum absolute atomic E-state index is 0.704. The van der Waals surface area contributed by atoms with Gasteiger partial charge in [-0.1, -0.05) is 0 Å². The topological polar surface area (TPSA) is 63.3 Å². The molecule has 13 heavy (non-hydrogen) atoms. The SMILES string of the molecule is Cc1cc([C@](C)(N)C(=O)O)sc1C. The van der Waals surface area contributed by atoms with Gasteiger partial charge in [0.2, 0.25) is 0 Å². The van der Waals surface area contributed by atoms with Crippen LogP contribution in [0.1, 0.15) is 22.2 Å². The number of carboxylic acid groups (broad SMARTS) is 1. The van der Waals surface area contributed by atoms with Gasteiger partial charge in [0.05, 0.1) is 0 Å². The number of hydrogen-bond donors (Lipinski definition) is 2. The summed E-state index contributed by atoms with van der Waals surface area (Å²) in [6.45, 7) is 5.43. The minimum Gasteiger partial charge on any atom is -0.480 e. The normalized spacial score (nSPS) is 15.4. The van der Waals surface area contributed by atoms with Gasteiger partial charge in [-0.05, 0) is 32.4 Å². The molecule has 1 atom stereocenters. The van der Waals surface area contributed by atoms with Crippen LogP contribution in [0, 0.1) is 13.8 Å². The molecular weight excluding hydrogens is 186 g/mol. The fourth-order valence-corrected chi connectivity index (χ4v) is 2.02. The van der Waals surface area contributed by atoms with Gasteiger partial charge in [-0.25, -0.2) is 4.79 Å². The van der Waals surface area contributed by atoms with Crippen molar-refractivity contribution in [2.75, 3.05) is 0 Å². The Morgan fingerprint density at radius 2 is 2.15 bits per heavy atom. The van der Waals surface area contributed by atoms with Crippen LogP contribution in [-0.2, 0) is 10.3 Å². The monoisotopic (exact) mass is 199 g/mol. The zero-order valence-corrected chi connectivity index (χ0v) is 8.73. The molecule has 1 rings (SSSR count). The first kappa shape index (κ1) is 10.2. The average molecular weight is 199 g/mol. The van der Waals surface area contributed by atoms with Gasteiger partial charge in [-0.3, -0.25) is 0 Å². The first-order chi connectivity index (χ1) is 5.85. The second-order valence-electron chi connectivity index (χ2n) is 3.36. The van der Waals surface area contributed by atoms with Crippen LogP contribution in [0.3, 0.4) is 0 Å². The largest absolute Gasteiger partial charge is 0.480 e. The summed E-state index contributed by atoms with van der Waals surface area (Å²) in [7, 11) is 0. The third kappa shape index (κ3) is 1.73. The predicted octanol–water partition coefficient (Wildman–Crippen LogP) is 1.62. The van der Waals surface area contributed by atoms with Crippen LogP contribution in [0.4, 0.5) is 0 Å². The van der Waals surface area contributed by atoms with Crippen LogP contribution in [0.5, 0.6) is 0 Å². The Morgan fingerprint density at radius 1 is 1.62 bits per heavy atom. The van der Waals surface area contributed by atoms with Gasteiger partial charge in [0.25, 0.3) is 0 Å². The highest BCUT2D eigenvalue weighted by atomic mass is 32.1. The maximum absolute atomic E-state index is 10.8. The van der Waals surface area contributed by atoms with Gasteiger partial charge in [0.15, 0.2) is 0 Å². The molecular formula is C9H13NO2S. The molecule has 0 saturated carbocycles. The van der Waals surface area contributed by atoms with E-state index in [1.165, 1.54) is 18.3 Å². The molecule has 0 aliphatic rings. The molecule has 1 aromatic rings. The van der Waals surface area contributed by atoms with E-state index >= 15 is 0 Å². The predicted molar refractivity (Wildman–Crippen MR) is 53.0 cm³/mol. The van der Waals surface area contributed by atoms with E-state index in [0.717, 1.165) is 10.4 Å². The molecule has 3 N–H and O–H groups in total. The first-order valence-corrected chi connectivity index (χ1v) is 4.77. The summed E-state index contributed by atoms with van der Waals surface area (Å²) >= 11 is 1.44. The molecule has 0 saturated heterocycles. The lowest BCUT2D eigenvalue weighted by Gasteiger charge is -2.16. The number of carbonyl (C=O) groups is 1. The lowest BCUT2D eigenvalue weighted by molar-refractivity contribution is -0.142. The Bertz CT molecular complexity index is 322. The van der Waals surface area contributed by atoms with Gasteiger partial charge in [-0.15, -0.1) is 11.3 Å². The molecule has 1 aromatic heterocycles. The molecule has 4 heteroatoms. The van der Waals surface area contributed by atoms with Crippen molar-refractivity contribution < 1.29 is 9.90 Å². The van der Waals surface area contributed by atoms with Gasteiger partial charge in [0, 0.05) is 9.75 Å². The molecule has 0 spiro atoms. The quantitative estimate of drug-likeness (QED) is 0.760. The van der Waals surface area contributed by atoms with E-state index in [1.807, 2.05) is 19.9 Å². The second kappa shape index (κ2) is 3.12. The number of aliphatic carboxylic acids is 1. The van der Waals surface area contributed by atoms with Crippen molar-refractivity contribution in [1.29, 1.82) is 0 Å². The van der Waals surface area contributed by atoms with E-state index in [2.05, 4.69) is 0 Å². The average Bonchev–Trinajstić information content (AvgIpc) is 2.32. The van der Waals surface area contributed by atoms with Gasteiger partial charge in [0.1, 0.15) is 5.54 Å². The Hall–Kier alpha value is -0.870. The summed E-state index contributed by atoms with van der Waals surface area (Å²) in [6.07, 6.45) is 0. The van der Waals surface area contributed by atoms with E-state index in [9.17, 15) is 4.79 Å². The third-order valence-corrected chi connectivity index (χ3v) is 3.51. The van der Waals surface area contributed by atoms with Crippen LogP contribution < -0.4 is 5.73 Å². The standard InChI is InChI=1S/C9H13NO2S/c1-5-4-7(13-6(5)2)9(3,10)8(11)12/h4H,10H2,1-3H3,(H,11,12)/t9-/m0/s1. The summed E-state index contributed by atoms with van der Waals surface area (Å²) < 4.78 is 0. The van der Waals surface area contributed by atoms with E-state index in [-0.39, 0.29) is 0 Å². The van der Waals surface area contributed by atoms with Crippen molar-refractivity contribution >= 4 is 17.3 Å². The number of rotatable bonds is 2. The zero-order valence-electron chi connectivity index (χ0n) is 7.92. The van der Waals surface area contributed by atoms with Crippen molar-refractivity contribution in [3.05, 3.63) is 21.4 Å². The molecule has 0 aromatic carbocycles. The number of hydrogen-bond acceptors (Lipinski definition) is 3. The first-order valence-electron chi connectivity index (χ1n) is 3.95. The lowest BCUT2D eigenvalue weighted by Crippen LogP contribution is -2.40. The van der Waals surface area contributed by atoms with Crippen molar-refractivity contribution in [2.24, 2.45) is 5.73 Å². The summed E-state index contributed by atoms with van der Waals surface area (Å²) in [6, 6.07) is 1.84. The van der Waals surface area contributed by atoms with E-state index < -0.39 is 11.5 Å². The van der Waals surface area contributed by atoms with E-state index in [1.54, 1.807) is 0 Å². The zero-order chi connectivity index (χ0) is 10.2. The summed E-state index contributed by atoms with van der Waals surface area (Å²) in [5.41, 5.74) is 5.51. The van der Waals surface area contributed by atoms with Crippen LogP contribution in [-0.4, -0.2) is 11.1 Å².